The number of halogens is 1. The van der Waals surface area contributed by atoms with Crippen LogP contribution in [0.15, 0.2) is 16.7 Å². The first kappa shape index (κ1) is 15.3. The molecule has 1 unspecified atom stereocenters. The number of nitrogens with zero attached hydrogens (tertiary/aromatic N) is 4. The van der Waals surface area contributed by atoms with Crippen LogP contribution in [-0.4, -0.2) is 26.6 Å². The van der Waals surface area contributed by atoms with E-state index in [0.29, 0.717) is 6.04 Å². The minimum atomic E-state index is 0.0652. The number of hydrogen-bond donors (Lipinski definition) is 1. The summed E-state index contributed by atoms with van der Waals surface area (Å²) >= 11 is 3.62. The molecule has 0 aliphatic carbocycles. The van der Waals surface area contributed by atoms with E-state index in [1.54, 1.807) is 0 Å². The van der Waals surface area contributed by atoms with Crippen molar-refractivity contribution in [2.45, 2.75) is 46.3 Å². The molecule has 2 heterocycles. The van der Waals surface area contributed by atoms with Gasteiger partial charge in [-0.05, 0) is 56.7 Å². The molecule has 0 radical (unpaired) electrons. The second-order valence-electron chi connectivity index (χ2n) is 5.16. The summed E-state index contributed by atoms with van der Waals surface area (Å²) in [7, 11) is 1.97. The van der Waals surface area contributed by atoms with Crippen LogP contribution >= 0.6 is 15.9 Å². The molecule has 2 aromatic rings. The predicted molar refractivity (Wildman–Crippen MR) is 83.9 cm³/mol. The molecule has 0 fully saturated rings. The third-order valence-electron chi connectivity index (χ3n) is 3.37. The summed E-state index contributed by atoms with van der Waals surface area (Å²) in [4.78, 5) is 0. The lowest BCUT2D eigenvalue weighted by Gasteiger charge is -2.21. The Morgan fingerprint density at radius 1 is 1.40 bits per heavy atom. The zero-order valence-electron chi connectivity index (χ0n) is 12.7. The lowest BCUT2D eigenvalue weighted by atomic mass is 10.1. The quantitative estimate of drug-likeness (QED) is 0.910. The van der Waals surface area contributed by atoms with Crippen LogP contribution in [0.2, 0.25) is 0 Å². The molecular formula is C14H22BrN5. The van der Waals surface area contributed by atoms with Gasteiger partial charge in [-0.1, -0.05) is 0 Å². The van der Waals surface area contributed by atoms with E-state index < -0.39 is 0 Å². The van der Waals surface area contributed by atoms with E-state index in [2.05, 4.69) is 58.3 Å². The average molecular weight is 340 g/mol. The van der Waals surface area contributed by atoms with Crippen molar-refractivity contribution < 1.29 is 0 Å². The van der Waals surface area contributed by atoms with Gasteiger partial charge in [0.1, 0.15) is 0 Å². The van der Waals surface area contributed by atoms with Gasteiger partial charge in [0.2, 0.25) is 0 Å². The highest BCUT2D eigenvalue weighted by Crippen LogP contribution is 2.30. The molecule has 20 heavy (non-hydrogen) atoms. The number of rotatable bonds is 5. The minimum Gasteiger partial charge on any atom is -0.307 e. The molecular weight excluding hydrogens is 318 g/mol. The fourth-order valence-corrected chi connectivity index (χ4v) is 3.01. The van der Waals surface area contributed by atoms with Gasteiger partial charge in [0.15, 0.2) is 0 Å². The Morgan fingerprint density at radius 3 is 2.65 bits per heavy atom. The van der Waals surface area contributed by atoms with Crippen molar-refractivity contribution in [2.24, 2.45) is 0 Å². The Bertz CT molecular complexity index is 584. The first-order valence-corrected chi connectivity index (χ1v) is 7.73. The summed E-state index contributed by atoms with van der Waals surface area (Å²) in [5, 5.41) is 12.4. The molecule has 0 saturated carbocycles. The number of nitrogens with one attached hydrogen (secondary N) is 1. The Hall–Kier alpha value is -1.14. The van der Waals surface area contributed by atoms with Gasteiger partial charge in [0.25, 0.3) is 0 Å². The molecule has 0 aromatic carbocycles. The first-order valence-electron chi connectivity index (χ1n) is 6.94. The lowest BCUT2D eigenvalue weighted by Crippen LogP contribution is -2.25. The fourth-order valence-electron chi connectivity index (χ4n) is 2.51. The maximum Gasteiger partial charge on any atom is 0.0928 e. The van der Waals surface area contributed by atoms with Gasteiger partial charge in [-0.3, -0.25) is 9.36 Å². The zero-order valence-corrected chi connectivity index (χ0v) is 14.3. The minimum absolute atomic E-state index is 0.0652. The Balaban J connectivity index is 2.55. The maximum atomic E-state index is 4.54. The highest BCUT2D eigenvalue weighted by atomic mass is 79.9. The maximum absolute atomic E-state index is 4.54. The van der Waals surface area contributed by atoms with E-state index in [4.69, 9.17) is 0 Å². The number of aryl methyl sites for hydroxylation is 2. The van der Waals surface area contributed by atoms with Crippen molar-refractivity contribution in [1.82, 2.24) is 24.9 Å². The van der Waals surface area contributed by atoms with Gasteiger partial charge < -0.3 is 5.32 Å². The average Bonchev–Trinajstić information content (AvgIpc) is 2.95. The van der Waals surface area contributed by atoms with Gasteiger partial charge in [0.05, 0.1) is 33.8 Å². The molecule has 1 N–H and O–H groups in total. The van der Waals surface area contributed by atoms with Gasteiger partial charge in [0, 0.05) is 12.6 Å². The largest absolute Gasteiger partial charge is 0.307 e. The van der Waals surface area contributed by atoms with E-state index in [1.165, 1.54) is 0 Å². The van der Waals surface area contributed by atoms with Crippen molar-refractivity contribution in [1.29, 1.82) is 0 Å². The Labute approximate surface area is 128 Å². The Morgan fingerprint density at radius 2 is 2.10 bits per heavy atom. The molecule has 2 rings (SSSR count). The van der Waals surface area contributed by atoms with Crippen molar-refractivity contribution in [3.05, 3.63) is 33.8 Å². The predicted octanol–water partition coefficient (Wildman–Crippen LogP) is 3.06. The lowest BCUT2D eigenvalue weighted by molar-refractivity contribution is 0.467. The summed E-state index contributed by atoms with van der Waals surface area (Å²) in [6.45, 7) is 9.26. The highest BCUT2D eigenvalue weighted by molar-refractivity contribution is 9.10. The summed E-state index contributed by atoms with van der Waals surface area (Å²) in [5.41, 5.74) is 3.33. The van der Waals surface area contributed by atoms with Crippen LogP contribution in [0.3, 0.4) is 0 Å². The second kappa shape index (κ2) is 6.10. The molecule has 2 aromatic heterocycles. The molecule has 0 bridgehead atoms. The van der Waals surface area contributed by atoms with Crippen LogP contribution in [0, 0.1) is 6.92 Å². The zero-order chi connectivity index (χ0) is 14.9. The first-order chi connectivity index (χ1) is 9.49. The molecule has 0 saturated heterocycles. The number of hydrogen-bond acceptors (Lipinski definition) is 3. The smallest absolute Gasteiger partial charge is 0.0928 e. The van der Waals surface area contributed by atoms with Crippen LogP contribution in [0.4, 0.5) is 0 Å². The van der Waals surface area contributed by atoms with E-state index in [1.807, 2.05) is 29.5 Å². The monoisotopic (exact) mass is 339 g/mol. The van der Waals surface area contributed by atoms with Crippen LogP contribution in [-0.2, 0) is 6.54 Å². The Kier molecular flexibility index (Phi) is 4.65. The van der Waals surface area contributed by atoms with Crippen LogP contribution in [0.5, 0.6) is 0 Å². The number of aromatic nitrogens is 4. The second-order valence-corrected chi connectivity index (χ2v) is 6.02. The molecule has 0 aliphatic rings. The third-order valence-corrected chi connectivity index (χ3v) is 3.98. The molecule has 5 nitrogen and oxygen atoms in total. The van der Waals surface area contributed by atoms with E-state index >= 15 is 0 Å². The SMILES string of the molecule is CCn1nc(C)cc1C(NC)c1c(Br)cnn1C(C)C. The van der Waals surface area contributed by atoms with E-state index in [-0.39, 0.29) is 6.04 Å². The third kappa shape index (κ3) is 2.67. The van der Waals surface area contributed by atoms with E-state index in [9.17, 15) is 0 Å². The van der Waals surface area contributed by atoms with Crippen molar-refractivity contribution >= 4 is 15.9 Å². The van der Waals surface area contributed by atoms with Gasteiger partial charge >= 0.3 is 0 Å². The van der Waals surface area contributed by atoms with Crippen molar-refractivity contribution in [3.8, 4) is 0 Å². The molecule has 110 valence electrons. The van der Waals surface area contributed by atoms with Gasteiger partial charge in [-0.2, -0.15) is 10.2 Å². The van der Waals surface area contributed by atoms with Crippen LogP contribution < -0.4 is 5.32 Å². The topological polar surface area (TPSA) is 47.7 Å². The molecule has 0 amide bonds. The molecule has 0 spiro atoms. The fraction of sp³-hybridized carbons (Fsp3) is 0.571. The van der Waals surface area contributed by atoms with Crippen LogP contribution in [0.25, 0.3) is 0 Å². The summed E-state index contributed by atoms with van der Waals surface area (Å²) in [5.74, 6) is 0. The molecule has 6 heteroatoms. The summed E-state index contributed by atoms with van der Waals surface area (Å²) in [6, 6.07) is 2.51. The normalized spacial score (nSPS) is 13.2. The van der Waals surface area contributed by atoms with Crippen molar-refractivity contribution in [3.63, 3.8) is 0 Å². The summed E-state index contributed by atoms with van der Waals surface area (Å²) < 4.78 is 5.11. The van der Waals surface area contributed by atoms with E-state index in [0.717, 1.165) is 28.1 Å². The van der Waals surface area contributed by atoms with Gasteiger partial charge in [-0.15, -0.1) is 0 Å². The van der Waals surface area contributed by atoms with Gasteiger partial charge in [-0.25, -0.2) is 0 Å². The standard InChI is InChI=1S/C14H22BrN5/c1-6-19-12(7-10(4)18-19)13(16-5)14-11(15)8-17-20(14)9(2)3/h7-9,13,16H,6H2,1-5H3. The molecule has 0 aliphatic heterocycles. The van der Waals surface area contributed by atoms with Crippen molar-refractivity contribution in [2.75, 3.05) is 7.05 Å². The highest BCUT2D eigenvalue weighted by Gasteiger charge is 2.24. The molecule has 1 atom stereocenters. The van der Waals surface area contributed by atoms with Crippen LogP contribution in [0.1, 0.15) is 49.9 Å². The summed E-state index contributed by atoms with van der Waals surface area (Å²) in [6.07, 6.45) is 1.86.